The number of ether oxygens (including phenoxy) is 1. The van der Waals surface area contributed by atoms with Gasteiger partial charge in [0.05, 0.1) is 0 Å². The van der Waals surface area contributed by atoms with Gasteiger partial charge in [0.15, 0.2) is 6.10 Å². The standard InChI is InChI=1S/C16H16N4O2S/c1-19-18-17-15(23)20(19)16(21)22-14(12-8-4-2-5-9-12)13-10-6-3-7-11-13/h2-11,14,18H,1H3,(H,17,23). The Morgan fingerprint density at radius 2 is 1.61 bits per heavy atom. The fraction of sp³-hybridized carbons (Fsp3) is 0.125. The molecule has 0 radical (unpaired) electrons. The van der Waals surface area contributed by atoms with Crippen molar-refractivity contribution in [3.05, 3.63) is 71.8 Å². The van der Waals surface area contributed by atoms with Crippen LogP contribution in [0.2, 0.25) is 0 Å². The van der Waals surface area contributed by atoms with Gasteiger partial charge in [0.25, 0.3) is 0 Å². The SMILES string of the molecule is CN1NN=C(S)N1C(=O)OC(c1ccccc1)c1ccccc1. The second-order valence-corrected chi connectivity index (χ2v) is 5.33. The Bertz CT molecular complexity index is 669. The molecule has 23 heavy (non-hydrogen) atoms. The predicted molar refractivity (Wildman–Crippen MR) is 90.4 cm³/mol. The Morgan fingerprint density at radius 3 is 2.04 bits per heavy atom. The van der Waals surface area contributed by atoms with Crippen LogP contribution in [0.4, 0.5) is 4.79 Å². The largest absolute Gasteiger partial charge is 0.435 e. The number of carbonyl (C=O) groups is 1. The van der Waals surface area contributed by atoms with Crippen molar-refractivity contribution in [3.63, 3.8) is 0 Å². The van der Waals surface area contributed by atoms with E-state index < -0.39 is 12.2 Å². The molecule has 2 aromatic carbocycles. The number of thiol groups is 1. The van der Waals surface area contributed by atoms with Gasteiger partial charge in [-0.1, -0.05) is 60.7 Å². The number of rotatable bonds is 3. The lowest BCUT2D eigenvalue weighted by Gasteiger charge is -2.25. The second kappa shape index (κ2) is 6.72. The zero-order chi connectivity index (χ0) is 16.2. The number of hydrazine groups is 2. The van der Waals surface area contributed by atoms with Crippen LogP contribution in [-0.2, 0) is 4.74 Å². The lowest BCUT2D eigenvalue weighted by atomic mass is 10.0. The Balaban J connectivity index is 1.88. The topological polar surface area (TPSA) is 57.2 Å². The van der Waals surface area contributed by atoms with E-state index >= 15 is 0 Å². The summed E-state index contributed by atoms with van der Waals surface area (Å²) in [6, 6.07) is 19.2. The molecular formula is C16H16N4O2S. The van der Waals surface area contributed by atoms with Gasteiger partial charge in [-0.15, -0.1) is 22.8 Å². The number of hydrogen-bond donors (Lipinski definition) is 2. The zero-order valence-corrected chi connectivity index (χ0v) is 13.4. The van der Waals surface area contributed by atoms with Gasteiger partial charge >= 0.3 is 6.09 Å². The first-order chi connectivity index (χ1) is 11.2. The lowest BCUT2D eigenvalue weighted by Crippen LogP contribution is -2.45. The molecule has 0 spiro atoms. The highest BCUT2D eigenvalue weighted by Crippen LogP contribution is 2.27. The maximum Gasteiger partial charge on any atom is 0.433 e. The van der Waals surface area contributed by atoms with Gasteiger partial charge in [0, 0.05) is 7.05 Å². The van der Waals surface area contributed by atoms with Crippen LogP contribution in [-0.4, -0.2) is 28.4 Å². The normalized spacial score (nSPS) is 14.6. The van der Waals surface area contributed by atoms with E-state index in [4.69, 9.17) is 4.74 Å². The first kappa shape index (κ1) is 15.4. The fourth-order valence-corrected chi connectivity index (χ4v) is 2.54. The molecule has 6 nitrogen and oxygen atoms in total. The van der Waals surface area contributed by atoms with Gasteiger partial charge in [-0.3, -0.25) is 0 Å². The van der Waals surface area contributed by atoms with E-state index in [9.17, 15) is 4.79 Å². The van der Waals surface area contributed by atoms with Crippen molar-refractivity contribution in [2.75, 3.05) is 7.05 Å². The van der Waals surface area contributed by atoms with Crippen LogP contribution in [0.25, 0.3) is 0 Å². The molecule has 0 atom stereocenters. The summed E-state index contributed by atoms with van der Waals surface area (Å²) in [6.07, 6.45) is -1.08. The van der Waals surface area contributed by atoms with Crippen molar-refractivity contribution in [2.45, 2.75) is 6.10 Å². The summed E-state index contributed by atoms with van der Waals surface area (Å²) < 4.78 is 5.72. The highest BCUT2D eigenvalue weighted by atomic mass is 32.1. The van der Waals surface area contributed by atoms with E-state index in [2.05, 4.69) is 23.3 Å². The maximum absolute atomic E-state index is 12.5. The number of amides is 1. The molecule has 0 aliphatic carbocycles. The van der Waals surface area contributed by atoms with Gasteiger partial charge in [0.1, 0.15) is 0 Å². The number of carbonyl (C=O) groups excluding carboxylic acids is 1. The number of hydrogen-bond acceptors (Lipinski definition) is 5. The van der Waals surface area contributed by atoms with Crippen molar-refractivity contribution in [1.29, 1.82) is 0 Å². The molecule has 1 N–H and O–H groups in total. The van der Waals surface area contributed by atoms with Crippen LogP contribution in [0, 0.1) is 0 Å². The number of hydrazone groups is 1. The molecule has 1 heterocycles. The molecule has 118 valence electrons. The highest BCUT2D eigenvalue weighted by Gasteiger charge is 2.31. The lowest BCUT2D eigenvalue weighted by molar-refractivity contribution is 0.0170. The van der Waals surface area contributed by atoms with E-state index in [-0.39, 0.29) is 5.17 Å². The zero-order valence-electron chi connectivity index (χ0n) is 12.5. The van der Waals surface area contributed by atoms with Gasteiger partial charge < -0.3 is 4.74 Å². The van der Waals surface area contributed by atoms with Gasteiger partial charge in [0.2, 0.25) is 5.17 Å². The van der Waals surface area contributed by atoms with Gasteiger partial charge in [-0.05, 0) is 11.1 Å². The maximum atomic E-state index is 12.5. The quantitative estimate of drug-likeness (QED) is 0.851. The molecule has 0 saturated heterocycles. The molecular weight excluding hydrogens is 312 g/mol. The molecule has 0 bridgehead atoms. The third kappa shape index (κ3) is 3.30. The van der Waals surface area contributed by atoms with Gasteiger partial charge in [-0.2, -0.15) is 5.01 Å². The minimum atomic E-state index is -0.566. The van der Waals surface area contributed by atoms with E-state index in [1.54, 1.807) is 7.05 Å². The molecule has 3 rings (SSSR count). The van der Waals surface area contributed by atoms with Crippen LogP contribution in [0.5, 0.6) is 0 Å². The summed E-state index contributed by atoms with van der Waals surface area (Å²) in [7, 11) is 1.65. The second-order valence-electron chi connectivity index (χ2n) is 4.93. The molecule has 1 amide bonds. The fourth-order valence-electron chi connectivity index (χ4n) is 2.28. The van der Waals surface area contributed by atoms with Crippen molar-refractivity contribution in [1.82, 2.24) is 15.7 Å². The van der Waals surface area contributed by atoms with Crippen LogP contribution < -0.4 is 5.53 Å². The Morgan fingerprint density at radius 1 is 1.09 bits per heavy atom. The summed E-state index contributed by atoms with van der Waals surface area (Å²) in [5.74, 6) is 0. The minimum Gasteiger partial charge on any atom is -0.435 e. The molecule has 7 heteroatoms. The smallest absolute Gasteiger partial charge is 0.433 e. The van der Waals surface area contributed by atoms with E-state index in [1.165, 1.54) is 10.1 Å². The van der Waals surface area contributed by atoms with Crippen molar-refractivity contribution in [3.8, 4) is 0 Å². The van der Waals surface area contributed by atoms with Gasteiger partial charge in [-0.25, -0.2) is 10.3 Å². The third-order valence-electron chi connectivity index (χ3n) is 3.38. The first-order valence-electron chi connectivity index (χ1n) is 7.03. The molecule has 2 aromatic rings. The Hall–Kier alpha value is -2.51. The number of nitrogens with one attached hydrogen (secondary N) is 1. The van der Waals surface area contributed by atoms with Crippen molar-refractivity contribution in [2.24, 2.45) is 5.10 Å². The Kier molecular flexibility index (Phi) is 4.50. The van der Waals surface area contributed by atoms with Crippen LogP contribution in [0.1, 0.15) is 17.2 Å². The van der Waals surface area contributed by atoms with E-state index in [0.717, 1.165) is 11.1 Å². The predicted octanol–water partition coefficient (Wildman–Crippen LogP) is 2.78. The summed E-state index contributed by atoms with van der Waals surface area (Å²) in [5.41, 5.74) is 4.40. The molecule has 0 fully saturated rings. The van der Waals surface area contributed by atoms with Crippen molar-refractivity contribution < 1.29 is 9.53 Å². The van der Waals surface area contributed by atoms with Crippen LogP contribution in [0.3, 0.4) is 0 Å². The average Bonchev–Trinajstić information content (AvgIpc) is 2.93. The van der Waals surface area contributed by atoms with E-state index in [1.807, 2.05) is 60.7 Å². The molecule has 0 saturated carbocycles. The molecule has 1 aliphatic heterocycles. The molecule has 0 aromatic heterocycles. The number of nitrogens with zero attached hydrogens (tertiary/aromatic N) is 3. The van der Waals surface area contributed by atoms with Crippen molar-refractivity contribution >= 4 is 23.9 Å². The van der Waals surface area contributed by atoms with Crippen LogP contribution >= 0.6 is 12.6 Å². The van der Waals surface area contributed by atoms with E-state index in [0.29, 0.717) is 0 Å². The monoisotopic (exact) mass is 328 g/mol. The summed E-state index contributed by atoms with van der Waals surface area (Å²) in [6.45, 7) is 0. The summed E-state index contributed by atoms with van der Waals surface area (Å²) in [4.78, 5) is 12.5. The Labute approximate surface area is 139 Å². The summed E-state index contributed by atoms with van der Waals surface area (Å²) in [5, 5.41) is 6.68. The number of amidine groups is 1. The highest BCUT2D eigenvalue weighted by molar-refractivity contribution is 7.96. The minimum absolute atomic E-state index is 0.220. The molecule has 1 aliphatic rings. The summed E-state index contributed by atoms with van der Waals surface area (Å²) >= 11 is 4.15. The molecule has 0 unspecified atom stereocenters. The third-order valence-corrected chi connectivity index (χ3v) is 3.67. The number of benzene rings is 2. The first-order valence-corrected chi connectivity index (χ1v) is 7.48. The average molecular weight is 328 g/mol. The van der Waals surface area contributed by atoms with Crippen LogP contribution in [0.15, 0.2) is 65.8 Å².